The highest BCUT2D eigenvalue weighted by atomic mass is 15.0. The molecule has 2 fully saturated rings. The molecule has 2 saturated carbocycles. The van der Waals surface area contributed by atoms with Crippen molar-refractivity contribution < 1.29 is 0 Å². The molecule has 0 radical (unpaired) electrons. The lowest BCUT2D eigenvalue weighted by Crippen LogP contribution is -2.30. The maximum Gasteiger partial charge on any atom is 0.149 e. The highest BCUT2D eigenvalue weighted by Crippen LogP contribution is 2.49. The molecule has 3 rings (SSSR count). The first-order valence-electron chi connectivity index (χ1n) is 6.71. The number of anilines is 2. The Balaban J connectivity index is 1.68. The van der Waals surface area contributed by atoms with Gasteiger partial charge in [-0.3, -0.25) is 0 Å². The second kappa shape index (κ2) is 4.21. The summed E-state index contributed by atoms with van der Waals surface area (Å²) in [7, 11) is 0. The molecule has 3 heteroatoms. The van der Waals surface area contributed by atoms with Gasteiger partial charge in [0, 0.05) is 12.2 Å². The quantitative estimate of drug-likeness (QED) is 0.841. The fourth-order valence-corrected chi connectivity index (χ4v) is 3.77. The lowest BCUT2D eigenvalue weighted by atomic mass is 9.84. The van der Waals surface area contributed by atoms with E-state index in [0.717, 1.165) is 29.3 Å². The molecule has 1 aromatic rings. The van der Waals surface area contributed by atoms with Gasteiger partial charge in [-0.05, 0) is 56.1 Å². The molecule has 0 amide bonds. The van der Waals surface area contributed by atoms with Crippen molar-refractivity contribution in [1.29, 1.82) is 0 Å². The molecule has 0 saturated heterocycles. The maximum atomic E-state index is 5.92. The van der Waals surface area contributed by atoms with E-state index in [4.69, 9.17) is 5.73 Å². The predicted octanol–water partition coefficient (Wildman–Crippen LogP) is 2.90. The van der Waals surface area contributed by atoms with Gasteiger partial charge in [0.2, 0.25) is 0 Å². The van der Waals surface area contributed by atoms with Crippen LogP contribution in [-0.4, -0.2) is 11.0 Å². The molecular weight excluding hydrogens is 210 g/mol. The first-order valence-corrected chi connectivity index (χ1v) is 6.71. The number of aromatic nitrogens is 1. The Bertz CT molecular complexity index is 404. The van der Waals surface area contributed by atoms with E-state index >= 15 is 0 Å². The summed E-state index contributed by atoms with van der Waals surface area (Å²) in [5, 5.41) is 3.50. The van der Waals surface area contributed by atoms with E-state index in [1.54, 1.807) is 6.20 Å². The van der Waals surface area contributed by atoms with Crippen LogP contribution >= 0.6 is 0 Å². The van der Waals surface area contributed by atoms with Gasteiger partial charge in [-0.2, -0.15) is 0 Å². The fraction of sp³-hybridized carbons (Fsp3) is 0.643. The van der Waals surface area contributed by atoms with Crippen molar-refractivity contribution in [3.05, 3.63) is 18.3 Å². The summed E-state index contributed by atoms with van der Waals surface area (Å²) in [4.78, 5) is 4.32. The topological polar surface area (TPSA) is 50.9 Å². The Kier molecular flexibility index (Phi) is 2.69. The molecular formula is C14H21N3. The summed E-state index contributed by atoms with van der Waals surface area (Å²) in [5.74, 6) is 3.60. The zero-order chi connectivity index (χ0) is 11.8. The summed E-state index contributed by atoms with van der Waals surface area (Å²) >= 11 is 0. The third-order valence-electron chi connectivity index (χ3n) is 4.64. The van der Waals surface area contributed by atoms with E-state index < -0.39 is 0 Å². The molecule has 17 heavy (non-hydrogen) atoms. The normalized spacial score (nSPS) is 32.6. The highest BCUT2D eigenvalue weighted by molar-refractivity contribution is 5.60. The Hall–Kier alpha value is -1.25. The molecule has 3 N–H and O–H groups in total. The number of rotatable bonds is 3. The molecule has 4 atom stereocenters. The molecule has 2 aliphatic rings. The second-order valence-corrected chi connectivity index (χ2v) is 5.71. The van der Waals surface area contributed by atoms with E-state index in [-0.39, 0.29) is 0 Å². The molecule has 0 aliphatic heterocycles. The number of pyridine rings is 1. The smallest absolute Gasteiger partial charge is 0.149 e. The van der Waals surface area contributed by atoms with Gasteiger partial charge in [-0.1, -0.05) is 6.42 Å². The minimum Gasteiger partial charge on any atom is -0.396 e. The second-order valence-electron chi connectivity index (χ2n) is 5.71. The van der Waals surface area contributed by atoms with Crippen molar-refractivity contribution in [2.75, 3.05) is 11.1 Å². The molecule has 92 valence electrons. The van der Waals surface area contributed by atoms with Crippen molar-refractivity contribution in [3.8, 4) is 0 Å². The molecule has 0 spiro atoms. The number of nitrogens with zero attached hydrogens (tertiary/aromatic N) is 1. The van der Waals surface area contributed by atoms with E-state index in [2.05, 4.69) is 17.2 Å². The van der Waals surface area contributed by atoms with E-state index in [1.165, 1.54) is 25.7 Å². The molecule has 0 aromatic carbocycles. The summed E-state index contributed by atoms with van der Waals surface area (Å²) in [5.41, 5.74) is 6.67. The number of nitrogen functional groups attached to an aromatic ring is 1. The van der Waals surface area contributed by atoms with Crippen molar-refractivity contribution in [3.63, 3.8) is 0 Å². The number of nitrogens with two attached hydrogens (primary N) is 1. The van der Waals surface area contributed by atoms with E-state index in [0.29, 0.717) is 6.04 Å². The first kappa shape index (κ1) is 10.9. The first-order chi connectivity index (χ1) is 8.24. The zero-order valence-corrected chi connectivity index (χ0v) is 10.4. The SMILES string of the molecule is CC(Nc1ncccc1N)C1CC2CCC1C2. The number of hydrogen-bond donors (Lipinski definition) is 2. The Labute approximate surface area is 103 Å². The predicted molar refractivity (Wildman–Crippen MR) is 70.7 cm³/mol. The van der Waals surface area contributed by atoms with Crippen LogP contribution in [0, 0.1) is 17.8 Å². The highest BCUT2D eigenvalue weighted by Gasteiger charge is 2.41. The number of hydrogen-bond acceptors (Lipinski definition) is 3. The van der Waals surface area contributed by atoms with Gasteiger partial charge < -0.3 is 11.1 Å². The van der Waals surface area contributed by atoms with Crippen molar-refractivity contribution in [1.82, 2.24) is 4.98 Å². The van der Waals surface area contributed by atoms with Crippen LogP contribution in [0.3, 0.4) is 0 Å². The Morgan fingerprint density at radius 1 is 1.41 bits per heavy atom. The minimum atomic E-state index is 0.488. The van der Waals surface area contributed by atoms with Crippen LogP contribution in [0.4, 0.5) is 11.5 Å². The summed E-state index contributed by atoms with van der Waals surface area (Å²) in [6.45, 7) is 2.28. The van der Waals surface area contributed by atoms with Crippen LogP contribution in [0.15, 0.2) is 18.3 Å². The fourth-order valence-electron chi connectivity index (χ4n) is 3.77. The standard InChI is InChI=1S/C14H21N3/c1-9(12-8-10-4-5-11(12)7-10)17-14-13(15)3-2-6-16-14/h2-3,6,9-12H,4-5,7-8,15H2,1H3,(H,16,17). The lowest BCUT2D eigenvalue weighted by Gasteiger charge is -2.29. The van der Waals surface area contributed by atoms with Gasteiger partial charge in [-0.25, -0.2) is 4.98 Å². The van der Waals surface area contributed by atoms with Crippen LogP contribution in [0.1, 0.15) is 32.6 Å². The van der Waals surface area contributed by atoms with Crippen LogP contribution in [0.2, 0.25) is 0 Å². The molecule has 4 unspecified atom stereocenters. The lowest BCUT2D eigenvalue weighted by molar-refractivity contribution is 0.304. The minimum absolute atomic E-state index is 0.488. The largest absolute Gasteiger partial charge is 0.396 e. The van der Waals surface area contributed by atoms with Gasteiger partial charge in [-0.15, -0.1) is 0 Å². The van der Waals surface area contributed by atoms with Gasteiger partial charge in [0.05, 0.1) is 5.69 Å². The van der Waals surface area contributed by atoms with Gasteiger partial charge in [0.15, 0.2) is 0 Å². The maximum absolute atomic E-state index is 5.92. The molecule has 1 aromatic heterocycles. The van der Waals surface area contributed by atoms with E-state index in [9.17, 15) is 0 Å². The number of fused-ring (bicyclic) bond motifs is 2. The Morgan fingerprint density at radius 3 is 2.94 bits per heavy atom. The van der Waals surface area contributed by atoms with Crippen LogP contribution in [0.5, 0.6) is 0 Å². The molecule has 3 nitrogen and oxygen atoms in total. The van der Waals surface area contributed by atoms with Crippen molar-refractivity contribution >= 4 is 11.5 Å². The summed E-state index contributed by atoms with van der Waals surface area (Å²) in [6.07, 6.45) is 7.53. The third kappa shape index (κ3) is 1.99. The Morgan fingerprint density at radius 2 is 2.29 bits per heavy atom. The van der Waals surface area contributed by atoms with Crippen LogP contribution in [-0.2, 0) is 0 Å². The van der Waals surface area contributed by atoms with Crippen molar-refractivity contribution in [2.45, 2.75) is 38.6 Å². The van der Waals surface area contributed by atoms with Crippen molar-refractivity contribution in [2.24, 2.45) is 17.8 Å². The third-order valence-corrected chi connectivity index (χ3v) is 4.64. The average Bonchev–Trinajstić information content (AvgIpc) is 2.94. The summed E-state index contributed by atoms with van der Waals surface area (Å²) < 4.78 is 0. The summed E-state index contributed by atoms with van der Waals surface area (Å²) in [6, 6.07) is 4.27. The zero-order valence-electron chi connectivity index (χ0n) is 10.4. The molecule has 1 heterocycles. The van der Waals surface area contributed by atoms with Gasteiger partial charge >= 0.3 is 0 Å². The monoisotopic (exact) mass is 231 g/mol. The van der Waals surface area contributed by atoms with Crippen LogP contribution < -0.4 is 11.1 Å². The molecule has 2 aliphatic carbocycles. The van der Waals surface area contributed by atoms with Gasteiger partial charge in [0.1, 0.15) is 5.82 Å². The molecule has 2 bridgehead atoms. The van der Waals surface area contributed by atoms with Gasteiger partial charge in [0.25, 0.3) is 0 Å². The number of nitrogens with one attached hydrogen (secondary N) is 1. The van der Waals surface area contributed by atoms with Crippen LogP contribution in [0.25, 0.3) is 0 Å². The van der Waals surface area contributed by atoms with E-state index in [1.807, 2.05) is 12.1 Å². The average molecular weight is 231 g/mol.